The van der Waals surface area contributed by atoms with Gasteiger partial charge in [-0.25, -0.2) is 9.78 Å². The number of amides is 1. The van der Waals surface area contributed by atoms with Gasteiger partial charge in [-0.05, 0) is 34.5 Å². The number of H-pyrrole nitrogens is 1. The number of rotatable bonds is 5. The van der Waals surface area contributed by atoms with Gasteiger partial charge in [0.05, 0.1) is 18.3 Å². The number of aromatic carboxylic acids is 1. The van der Waals surface area contributed by atoms with Crippen LogP contribution in [0, 0.1) is 0 Å². The average molecular weight is 348 g/mol. The molecule has 1 aromatic carbocycles. The Labute approximate surface area is 139 Å². The number of carboxylic acids is 1. The number of nitrogens with one attached hydrogen (secondary N) is 2. The van der Waals surface area contributed by atoms with Crippen molar-refractivity contribution in [2.75, 3.05) is 5.32 Å². The maximum Gasteiger partial charge on any atom is 0.335 e. The lowest BCUT2D eigenvalue weighted by Crippen LogP contribution is -2.18. The van der Waals surface area contributed by atoms with E-state index >= 15 is 0 Å². The molecule has 2 aromatic heterocycles. The van der Waals surface area contributed by atoms with E-state index in [9.17, 15) is 9.59 Å². The molecule has 0 aliphatic rings. The average Bonchev–Trinajstić information content (AvgIpc) is 3.19. The number of imidazole rings is 1. The third kappa shape index (κ3) is 3.22. The van der Waals surface area contributed by atoms with Gasteiger partial charge < -0.3 is 9.67 Å². The van der Waals surface area contributed by atoms with Crippen molar-refractivity contribution in [3.63, 3.8) is 0 Å². The number of carbonyl (C=O) groups excluding carboxylic acids is 1. The maximum absolute atomic E-state index is 12.2. The van der Waals surface area contributed by atoms with Crippen molar-refractivity contribution in [1.29, 1.82) is 0 Å². The van der Waals surface area contributed by atoms with Crippen LogP contribution < -0.4 is 5.32 Å². The molecule has 1 amide bonds. The summed E-state index contributed by atoms with van der Waals surface area (Å²) in [6, 6.07) is 6.23. The second-order valence-electron chi connectivity index (χ2n) is 4.69. The Morgan fingerprint density at radius 3 is 2.67 bits per heavy atom. The van der Waals surface area contributed by atoms with E-state index in [-0.39, 0.29) is 29.0 Å². The van der Waals surface area contributed by atoms with Gasteiger partial charge in [-0.1, -0.05) is 17.2 Å². The Morgan fingerprint density at radius 1 is 1.29 bits per heavy atom. The first-order chi connectivity index (χ1) is 11.5. The molecule has 11 heteroatoms. The molecule has 0 aliphatic heterocycles. The topological polar surface area (TPSA) is 139 Å². The monoisotopic (exact) mass is 347 g/mol. The second-order valence-corrected chi connectivity index (χ2v) is 5.03. The summed E-state index contributed by atoms with van der Waals surface area (Å²) in [5.41, 5.74) is 1.13. The summed E-state index contributed by atoms with van der Waals surface area (Å²) in [7, 11) is 0. The van der Waals surface area contributed by atoms with Gasteiger partial charge in [-0.3, -0.25) is 10.1 Å². The Hall–Kier alpha value is -3.27. The van der Waals surface area contributed by atoms with Crippen LogP contribution in [0.15, 0.2) is 30.5 Å². The van der Waals surface area contributed by atoms with Crippen LogP contribution >= 0.6 is 11.6 Å². The minimum absolute atomic E-state index is 0.0229. The summed E-state index contributed by atoms with van der Waals surface area (Å²) in [5, 5.41) is 24.3. The normalized spacial score (nSPS) is 10.5. The number of aromatic nitrogens is 6. The molecule has 3 aromatic rings. The highest BCUT2D eigenvalue weighted by molar-refractivity contribution is 6.28. The van der Waals surface area contributed by atoms with Gasteiger partial charge in [0.2, 0.25) is 5.28 Å². The highest BCUT2D eigenvalue weighted by Gasteiger charge is 2.17. The highest BCUT2D eigenvalue weighted by atomic mass is 35.5. The van der Waals surface area contributed by atoms with E-state index in [1.54, 1.807) is 12.1 Å². The first-order valence-electron chi connectivity index (χ1n) is 6.62. The predicted molar refractivity (Wildman–Crippen MR) is 81.9 cm³/mol. The smallest absolute Gasteiger partial charge is 0.335 e. The molecule has 0 saturated carbocycles. The van der Waals surface area contributed by atoms with Crippen molar-refractivity contribution in [3.05, 3.63) is 52.6 Å². The van der Waals surface area contributed by atoms with Crippen molar-refractivity contribution in [1.82, 2.24) is 30.2 Å². The van der Waals surface area contributed by atoms with E-state index in [1.807, 2.05) is 0 Å². The van der Waals surface area contributed by atoms with E-state index in [4.69, 9.17) is 16.7 Å². The minimum atomic E-state index is -1.01. The molecule has 0 aliphatic carbocycles. The number of nitrogens with zero attached hydrogens (tertiary/aromatic N) is 5. The van der Waals surface area contributed by atoms with Gasteiger partial charge in [0.25, 0.3) is 11.9 Å². The molecular weight excluding hydrogens is 338 g/mol. The van der Waals surface area contributed by atoms with Crippen LogP contribution in [0.1, 0.15) is 26.4 Å². The van der Waals surface area contributed by atoms with Crippen LogP contribution in [0.25, 0.3) is 0 Å². The van der Waals surface area contributed by atoms with Gasteiger partial charge in [0.15, 0.2) is 0 Å². The predicted octanol–water partition coefficient (Wildman–Crippen LogP) is 1.05. The number of carbonyl (C=O) groups is 2. The molecule has 0 unspecified atom stereocenters. The summed E-state index contributed by atoms with van der Waals surface area (Å²) >= 11 is 6.03. The van der Waals surface area contributed by atoms with Crippen molar-refractivity contribution in [2.24, 2.45) is 0 Å². The van der Waals surface area contributed by atoms with Crippen LogP contribution in [0.3, 0.4) is 0 Å². The number of hydrogen-bond donors (Lipinski definition) is 3. The number of halogens is 1. The Bertz CT molecular complexity index is 874. The maximum atomic E-state index is 12.2. The van der Waals surface area contributed by atoms with Gasteiger partial charge >= 0.3 is 5.97 Å². The standard InChI is InChI=1S/C13H10ClN7O3/c14-12-15-5-9(10(22)16-13-17-19-20-18-13)21(12)6-7-1-3-8(4-2-7)11(23)24/h1-5H,6H2,(H,23,24)(H2,16,17,18,19,20,22). The molecular formula is C13H10ClN7O3. The molecule has 3 rings (SSSR count). The van der Waals surface area contributed by atoms with Crippen LogP contribution in [-0.4, -0.2) is 47.2 Å². The van der Waals surface area contributed by atoms with E-state index < -0.39 is 11.9 Å². The number of anilines is 1. The highest BCUT2D eigenvalue weighted by Crippen LogP contribution is 2.16. The summed E-state index contributed by atoms with van der Waals surface area (Å²) in [5.74, 6) is -1.49. The fraction of sp³-hybridized carbons (Fsp3) is 0.0769. The van der Waals surface area contributed by atoms with Crippen molar-refractivity contribution in [3.8, 4) is 0 Å². The quantitative estimate of drug-likeness (QED) is 0.626. The molecule has 10 nitrogen and oxygen atoms in total. The Balaban J connectivity index is 1.82. The lowest BCUT2D eigenvalue weighted by atomic mass is 10.1. The number of aromatic amines is 1. The van der Waals surface area contributed by atoms with Gasteiger partial charge in [-0.15, -0.1) is 5.10 Å². The number of tetrazole rings is 1. The molecule has 0 atom stereocenters. The third-order valence-corrected chi connectivity index (χ3v) is 3.45. The number of benzene rings is 1. The van der Waals surface area contributed by atoms with Gasteiger partial charge in [0.1, 0.15) is 5.69 Å². The largest absolute Gasteiger partial charge is 0.478 e. The van der Waals surface area contributed by atoms with E-state index in [0.717, 1.165) is 5.56 Å². The molecule has 0 bridgehead atoms. The van der Waals surface area contributed by atoms with Crippen LogP contribution in [0.5, 0.6) is 0 Å². The lowest BCUT2D eigenvalue weighted by Gasteiger charge is -2.09. The molecule has 122 valence electrons. The summed E-state index contributed by atoms with van der Waals surface area (Å²) < 4.78 is 1.48. The summed E-state index contributed by atoms with van der Waals surface area (Å²) in [4.78, 5) is 27.0. The zero-order valence-corrected chi connectivity index (χ0v) is 12.7. The van der Waals surface area contributed by atoms with E-state index in [1.165, 1.54) is 22.9 Å². The van der Waals surface area contributed by atoms with E-state index in [0.29, 0.717) is 0 Å². The zero-order chi connectivity index (χ0) is 17.1. The van der Waals surface area contributed by atoms with Gasteiger partial charge in [-0.2, -0.15) is 5.21 Å². The second kappa shape index (κ2) is 6.46. The molecule has 0 radical (unpaired) electrons. The minimum Gasteiger partial charge on any atom is -0.478 e. The molecule has 2 heterocycles. The third-order valence-electron chi connectivity index (χ3n) is 3.15. The van der Waals surface area contributed by atoms with Gasteiger partial charge in [0, 0.05) is 0 Å². The van der Waals surface area contributed by atoms with Crippen molar-refractivity contribution < 1.29 is 14.7 Å². The van der Waals surface area contributed by atoms with Crippen molar-refractivity contribution in [2.45, 2.75) is 6.54 Å². The van der Waals surface area contributed by atoms with Crippen LogP contribution in [0.2, 0.25) is 5.28 Å². The molecule has 0 saturated heterocycles. The molecule has 0 spiro atoms. The lowest BCUT2D eigenvalue weighted by molar-refractivity contribution is 0.0696. The molecule has 0 fully saturated rings. The number of carboxylic acid groups (broad SMARTS) is 1. The fourth-order valence-electron chi connectivity index (χ4n) is 2.00. The first-order valence-corrected chi connectivity index (χ1v) is 7.00. The van der Waals surface area contributed by atoms with Crippen molar-refractivity contribution >= 4 is 29.4 Å². The first kappa shape index (κ1) is 15.6. The molecule has 3 N–H and O–H groups in total. The fourth-order valence-corrected chi connectivity index (χ4v) is 2.20. The van der Waals surface area contributed by atoms with Crippen LogP contribution in [-0.2, 0) is 6.54 Å². The number of hydrogen-bond acceptors (Lipinski definition) is 6. The Morgan fingerprint density at radius 2 is 2.04 bits per heavy atom. The SMILES string of the molecule is O=C(O)c1ccc(Cn2c(C(=O)Nc3nn[nH]n3)cnc2Cl)cc1. The van der Waals surface area contributed by atoms with E-state index in [2.05, 4.69) is 30.9 Å². The van der Waals surface area contributed by atoms with Crippen LogP contribution in [0.4, 0.5) is 5.95 Å². The molecule has 24 heavy (non-hydrogen) atoms. The Kier molecular flexibility index (Phi) is 4.20. The summed E-state index contributed by atoms with van der Waals surface area (Å²) in [6.07, 6.45) is 1.32. The summed E-state index contributed by atoms with van der Waals surface area (Å²) in [6.45, 7) is 0.244. The zero-order valence-electron chi connectivity index (χ0n) is 12.0.